The summed E-state index contributed by atoms with van der Waals surface area (Å²) in [5, 5.41) is 1.66. The number of carbonyl (C=O) groups is 1. The van der Waals surface area contributed by atoms with Gasteiger partial charge in [-0.3, -0.25) is 4.79 Å². The molecule has 2 aromatic carbocycles. The molecule has 0 aliphatic rings. The van der Waals surface area contributed by atoms with E-state index in [0.29, 0.717) is 16.7 Å². The molecule has 0 fully saturated rings. The van der Waals surface area contributed by atoms with Crippen LogP contribution in [-0.4, -0.2) is 32.0 Å². The Balaban J connectivity index is 1.59. The van der Waals surface area contributed by atoms with Crippen LogP contribution >= 0.6 is 0 Å². The highest BCUT2D eigenvalue weighted by Gasteiger charge is 2.13. The SMILES string of the molecule is CCN(CC)c1ccc2cc(/C=C/C(=O)c3cc4ccc(N(CC)CC)cc4oc3=O)oc2c1. The molecule has 0 N–H and O–H groups in total. The van der Waals surface area contributed by atoms with Gasteiger partial charge in [0.1, 0.15) is 22.5 Å². The molecule has 0 atom stereocenters. The van der Waals surface area contributed by atoms with Gasteiger partial charge in [-0.25, -0.2) is 4.79 Å². The minimum Gasteiger partial charge on any atom is -0.457 e. The zero-order valence-electron chi connectivity index (χ0n) is 20.1. The number of fused-ring (bicyclic) bond motifs is 2. The summed E-state index contributed by atoms with van der Waals surface area (Å²) in [4.78, 5) is 29.7. The van der Waals surface area contributed by atoms with Crippen molar-refractivity contribution in [2.24, 2.45) is 0 Å². The van der Waals surface area contributed by atoms with Crippen molar-refractivity contribution in [1.82, 2.24) is 0 Å². The number of allylic oxidation sites excluding steroid dienone is 1. The second-order valence-electron chi connectivity index (χ2n) is 8.08. The van der Waals surface area contributed by atoms with Gasteiger partial charge in [-0.1, -0.05) is 0 Å². The maximum atomic E-state index is 12.8. The summed E-state index contributed by atoms with van der Waals surface area (Å²) in [7, 11) is 0. The van der Waals surface area contributed by atoms with Gasteiger partial charge in [0.2, 0.25) is 0 Å². The number of hydrogen-bond acceptors (Lipinski definition) is 6. The van der Waals surface area contributed by atoms with Crippen LogP contribution in [-0.2, 0) is 0 Å². The van der Waals surface area contributed by atoms with Crippen molar-refractivity contribution in [2.45, 2.75) is 27.7 Å². The van der Waals surface area contributed by atoms with E-state index in [-0.39, 0.29) is 5.56 Å². The number of furan rings is 1. The fraction of sp³-hybridized carbons (Fsp3) is 0.286. The van der Waals surface area contributed by atoms with Crippen molar-refractivity contribution in [3.63, 3.8) is 0 Å². The highest BCUT2D eigenvalue weighted by atomic mass is 16.4. The summed E-state index contributed by atoms with van der Waals surface area (Å²) in [5.74, 6) is 0.127. The van der Waals surface area contributed by atoms with Gasteiger partial charge in [0.25, 0.3) is 0 Å². The van der Waals surface area contributed by atoms with E-state index in [1.54, 1.807) is 12.1 Å². The molecular formula is C28H30N2O4. The maximum Gasteiger partial charge on any atom is 0.347 e. The fourth-order valence-corrected chi connectivity index (χ4v) is 4.21. The fourth-order valence-electron chi connectivity index (χ4n) is 4.21. The van der Waals surface area contributed by atoms with E-state index < -0.39 is 11.4 Å². The van der Waals surface area contributed by atoms with E-state index in [1.165, 1.54) is 6.08 Å². The van der Waals surface area contributed by atoms with E-state index in [4.69, 9.17) is 8.83 Å². The Bertz CT molecular complexity index is 1410. The van der Waals surface area contributed by atoms with Crippen LogP contribution in [0.1, 0.15) is 43.8 Å². The van der Waals surface area contributed by atoms with Gasteiger partial charge >= 0.3 is 5.63 Å². The Morgan fingerprint density at radius 3 is 1.85 bits per heavy atom. The van der Waals surface area contributed by atoms with Gasteiger partial charge in [0.05, 0.1) is 0 Å². The van der Waals surface area contributed by atoms with Gasteiger partial charge < -0.3 is 18.6 Å². The molecule has 34 heavy (non-hydrogen) atoms. The average molecular weight is 459 g/mol. The zero-order chi connectivity index (χ0) is 24.2. The normalized spacial score (nSPS) is 11.5. The Morgan fingerprint density at radius 2 is 1.29 bits per heavy atom. The number of rotatable bonds is 9. The minimum atomic E-state index is -0.646. The van der Waals surface area contributed by atoms with Crippen LogP contribution in [0.2, 0.25) is 0 Å². The third-order valence-corrected chi connectivity index (χ3v) is 6.16. The molecule has 2 aromatic heterocycles. The molecule has 176 valence electrons. The predicted octanol–water partition coefficient (Wildman–Crippen LogP) is 6.13. The monoisotopic (exact) mass is 458 g/mol. The summed E-state index contributed by atoms with van der Waals surface area (Å²) in [6, 6.07) is 15.2. The second kappa shape index (κ2) is 10.00. The Morgan fingerprint density at radius 1 is 0.765 bits per heavy atom. The molecular weight excluding hydrogens is 428 g/mol. The number of hydrogen-bond donors (Lipinski definition) is 0. The van der Waals surface area contributed by atoms with E-state index in [1.807, 2.05) is 36.4 Å². The third-order valence-electron chi connectivity index (χ3n) is 6.16. The highest BCUT2D eigenvalue weighted by Crippen LogP contribution is 2.26. The predicted molar refractivity (Wildman–Crippen MR) is 139 cm³/mol. The third kappa shape index (κ3) is 4.62. The molecule has 6 nitrogen and oxygen atoms in total. The average Bonchev–Trinajstić information content (AvgIpc) is 3.26. The molecule has 0 aliphatic carbocycles. The molecule has 0 aliphatic heterocycles. The van der Waals surface area contributed by atoms with E-state index in [0.717, 1.165) is 48.5 Å². The second-order valence-corrected chi connectivity index (χ2v) is 8.08. The van der Waals surface area contributed by atoms with Crippen LogP contribution in [0.4, 0.5) is 11.4 Å². The summed E-state index contributed by atoms with van der Waals surface area (Å²) in [6.07, 6.45) is 2.94. The van der Waals surface area contributed by atoms with Gasteiger partial charge in [0.15, 0.2) is 5.78 Å². The molecule has 0 radical (unpaired) electrons. The number of carbonyl (C=O) groups excluding carboxylic acids is 1. The van der Waals surface area contributed by atoms with Crippen molar-refractivity contribution in [2.75, 3.05) is 36.0 Å². The molecule has 0 bridgehead atoms. The topological polar surface area (TPSA) is 66.9 Å². The van der Waals surface area contributed by atoms with Gasteiger partial charge in [-0.2, -0.15) is 0 Å². The van der Waals surface area contributed by atoms with E-state index >= 15 is 0 Å². The first-order valence-corrected chi connectivity index (χ1v) is 11.8. The van der Waals surface area contributed by atoms with Crippen LogP contribution in [0, 0.1) is 0 Å². The summed E-state index contributed by atoms with van der Waals surface area (Å²) in [6.45, 7) is 11.9. The van der Waals surface area contributed by atoms with Crippen molar-refractivity contribution in [3.8, 4) is 0 Å². The number of nitrogens with zero attached hydrogens (tertiary/aromatic N) is 2. The largest absolute Gasteiger partial charge is 0.457 e. The van der Waals surface area contributed by atoms with E-state index in [9.17, 15) is 9.59 Å². The molecule has 4 aromatic rings. The van der Waals surface area contributed by atoms with Gasteiger partial charge in [0, 0.05) is 60.5 Å². The highest BCUT2D eigenvalue weighted by molar-refractivity contribution is 6.08. The molecule has 0 amide bonds. The van der Waals surface area contributed by atoms with Crippen molar-refractivity contribution < 1.29 is 13.6 Å². The molecule has 6 heteroatoms. The van der Waals surface area contributed by atoms with Crippen LogP contribution in [0.3, 0.4) is 0 Å². The first-order chi connectivity index (χ1) is 16.5. The lowest BCUT2D eigenvalue weighted by Gasteiger charge is -2.20. The Labute approximate surface area is 199 Å². The first-order valence-electron chi connectivity index (χ1n) is 11.8. The molecule has 0 unspecified atom stereocenters. The van der Waals surface area contributed by atoms with E-state index in [2.05, 4.69) is 43.6 Å². The van der Waals surface area contributed by atoms with Crippen molar-refractivity contribution in [3.05, 3.63) is 76.4 Å². The van der Waals surface area contributed by atoms with Gasteiger partial charge in [-0.15, -0.1) is 0 Å². The lowest BCUT2D eigenvalue weighted by Crippen LogP contribution is -2.21. The first kappa shape index (κ1) is 23.4. The van der Waals surface area contributed by atoms with Gasteiger partial charge in [-0.05, 0) is 76.2 Å². The van der Waals surface area contributed by atoms with Crippen molar-refractivity contribution >= 4 is 45.2 Å². The summed E-state index contributed by atoms with van der Waals surface area (Å²) >= 11 is 0. The minimum absolute atomic E-state index is 0.000676. The Kier molecular flexibility index (Phi) is 6.87. The number of anilines is 2. The standard InChI is InChI=1S/C28H30N2O4/c1-5-29(6-2)21-11-9-19-15-23(33-26(19)17-21)13-14-25(31)24-16-20-10-12-22(30(7-3)8-4)18-27(20)34-28(24)32/h9-18H,5-8H2,1-4H3/b14-13+. The van der Waals surface area contributed by atoms with Crippen LogP contribution in [0.15, 0.2) is 68.2 Å². The number of ketones is 1. The zero-order valence-corrected chi connectivity index (χ0v) is 20.1. The summed E-state index contributed by atoms with van der Waals surface area (Å²) in [5.41, 5.74) is 2.65. The van der Waals surface area contributed by atoms with Crippen LogP contribution in [0.25, 0.3) is 28.0 Å². The molecule has 0 saturated carbocycles. The van der Waals surface area contributed by atoms with Crippen LogP contribution < -0.4 is 15.4 Å². The quantitative estimate of drug-likeness (QED) is 0.171. The molecule has 0 spiro atoms. The van der Waals surface area contributed by atoms with Crippen LogP contribution in [0.5, 0.6) is 0 Å². The number of benzene rings is 2. The summed E-state index contributed by atoms with van der Waals surface area (Å²) < 4.78 is 11.4. The van der Waals surface area contributed by atoms with Crippen molar-refractivity contribution in [1.29, 1.82) is 0 Å². The molecule has 0 saturated heterocycles. The lowest BCUT2D eigenvalue weighted by molar-refractivity contribution is 0.104. The smallest absolute Gasteiger partial charge is 0.347 e. The maximum absolute atomic E-state index is 12.8. The Hall–Kier alpha value is -3.80. The molecule has 2 heterocycles. The molecule has 4 rings (SSSR count). The lowest BCUT2D eigenvalue weighted by atomic mass is 10.1.